The van der Waals surface area contributed by atoms with Crippen molar-refractivity contribution in [2.45, 2.75) is 13.0 Å². The number of halogens is 3. The molecule has 0 amide bonds. The first-order valence-electron chi connectivity index (χ1n) is 3.32. The topological polar surface area (TPSA) is 26.0 Å². The minimum atomic E-state index is 0. The van der Waals surface area contributed by atoms with E-state index in [2.05, 4.69) is 15.9 Å². The molecule has 0 aromatic heterocycles. The van der Waals surface area contributed by atoms with Crippen LogP contribution in [0.1, 0.15) is 18.5 Å². The van der Waals surface area contributed by atoms with Crippen LogP contribution in [-0.4, -0.2) is 0 Å². The molecule has 0 saturated heterocycles. The molecule has 0 aliphatic rings. The van der Waals surface area contributed by atoms with Gasteiger partial charge in [-0.2, -0.15) is 0 Å². The number of nitrogens with two attached hydrogens (primary N) is 1. The van der Waals surface area contributed by atoms with Crippen LogP contribution in [0.5, 0.6) is 0 Å². The third kappa shape index (κ3) is 2.94. The largest absolute Gasteiger partial charge is 0.324 e. The first-order valence-corrected chi connectivity index (χ1v) is 4.49. The van der Waals surface area contributed by atoms with E-state index in [9.17, 15) is 0 Å². The molecule has 0 aliphatic heterocycles. The summed E-state index contributed by atoms with van der Waals surface area (Å²) in [6, 6.07) is 5.66. The molecule has 0 fully saturated rings. The maximum atomic E-state index is 5.75. The molecule has 68 valence electrons. The summed E-state index contributed by atoms with van der Waals surface area (Å²) < 4.78 is 0.972. The molecule has 0 aliphatic carbocycles. The van der Waals surface area contributed by atoms with E-state index in [1.165, 1.54) is 0 Å². The number of hydrogen-bond donors (Lipinski definition) is 1. The molecule has 0 saturated carbocycles. The molecule has 4 heteroatoms. The molecule has 0 spiro atoms. The molecule has 1 aromatic carbocycles. The second-order valence-electron chi connectivity index (χ2n) is 2.45. The van der Waals surface area contributed by atoms with Gasteiger partial charge in [-0.05, 0) is 24.6 Å². The van der Waals surface area contributed by atoms with Gasteiger partial charge in [0.25, 0.3) is 0 Å². The predicted molar refractivity (Wildman–Crippen MR) is 59.0 cm³/mol. The van der Waals surface area contributed by atoms with Crippen molar-refractivity contribution in [2.75, 3.05) is 0 Å². The van der Waals surface area contributed by atoms with Crippen molar-refractivity contribution in [3.05, 3.63) is 33.3 Å². The highest BCUT2D eigenvalue weighted by molar-refractivity contribution is 9.10. The fourth-order valence-electron chi connectivity index (χ4n) is 0.871. The summed E-state index contributed by atoms with van der Waals surface area (Å²) in [7, 11) is 0. The second-order valence-corrected chi connectivity index (χ2v) is 3.75. The maximum Gasteiger partial charge on any atom is 0.0417 e. The summed E-state index contributed by atoms with van der Waals surface area (Å²) in [5.41, 5.74) is 6.77. The summed E-state index contributed by atoms with van der Waals surface area (Å²) in [6.45, 7) is 1.94. The Morgan fingerprint density at radius 2 is 2.08 bits per heavy atom. The fraction of sp³-hybridized carbons (Fsp3) is 0.250. The smallest absolute Gasteiger partial charge is 0.0417 e. The third-order valence-corrected chi connectivity index (χ3v) is 2.37. The molecular weight excluding hydrogens is 261 g/mol. The normalized spacial score (nSPS) is 12.0. The number of hydrogen-bond acceptors (Lipinski definition) is 1. The Kier molecular flexibility index (Phi) is 5.18. The van der Waals surface area contributed by atoms with E-state index in [0.717, 1.165) is 15.1 Å². The van der Waals surface area contributed by atoms with Gasteiger partial charge >= 0.3 is 0 Å². The lowest BCUT2D eigenvalue weighted by Gasteiger charge is -2.07. The molecule has 1 atom stereocenters. The minimum Gasteiger partial charge on any atom is -0.324 e. The number of benzene rings is 1. The van der Waals surface area contributed by atoms with Crippen LogP contribution in [0.2, 0.25) is 5.02 Å². The van der Waals surface area contributed by atoms with Crippen LogP contribution in [0.4, 0.5) is 0 Å². The van der Waals surface area contributed by atoms with Crippen LogP contribution in [0.3, 0.4) is 0 Å². The molecule has 1 nitrogen and oxygen atoms in total. The van der Waals surface area contributed by atoms with Crippen molar-refractivity contribution in [2.24, 2.45) is 5.73 Å². The first kappa shape index (κ1) is 12.2. The molecule has 1 aromatic rings. The van der Waals surface area contributed by atoms with Gasteiger partial charge in [-0.3, -0.25) is 0 Å². The average molecular weight is 271 g/mol. The Hall–Kier alpha value is 0.240. The van der Waals surface area contributed by atoms with Gasteiger partial charge in [-0.15, -0.1) is 12.4 Å². The zero-order valence-electron chi connectivity index (χ0n) is 6.55. The Bertz CT molecular complexity index is 263. The van der Waals surface area contributed by atoms with Crippen molar-refractivity contribution >= 4 is 39.9 Å². The zero-order chi connectivity index (χ0) is 8.43. The quantitative estimate of drug-likeness (QED) is 0.830. The fourth-order valence-corrected chi connectivity index (χ4v) is 1.91. The molecule has 0 unspecified atom stereocenters. The van der Waals surface area contributed by atoms with E-state index in [1.807, 2.05) is 25.1 Å². The van der Waals surface area contributed by atoms with Gasteiger partial charge in [-0.1, -0.05) is 33.6 Å². The highest BCUT2D eigenvalue weighted by Gasteiger charge is 2.03. The van der Waals surface area contributed by atoms with Crippen molar-refractivity contribution < 1.29 is 0 Å². The van der Waals surface area contributed by atoms with E-state index in [1.54, 1.807) is 0 Å². The summed E-state index contributed by atoms with van der Waals surface area (Å²) in [5.74, 6) is 0. The van der Waals surface area contributed by atoms with Crippen molar-refractivity contribution in [3.8, 4) is 0 Å². The van der Waals surface area contributed by atoms with Gasteiger partial charge in [0.2, 0.25) is 0 Å². The van der Waals surface area contributed by atoms with E-state index in [0.29, 0.717) is 0 Å². The van der Waals surface area contributed by atoms with Crippen LogP contribution in [0.15, 0.2) is 22.7 Å². The number of rotatable bonds is 1. The summed E-state index contributed by atoms with van der Waals surface area (Å²) in [6.07, 6.45) is 0. The van der Waals surface area contributed by atoms with Crippen molar-refractivity contribution in [3.63, 3.8) is 0 Å². The van der Waals surface area contributed by atoms with Gasteiger partial charge in [0.1, 0.15) is 0 Å². The van der Waals surface area contributed by atoms with E-state index in [-0.39, 0.29) is 18.4 Å². The minimum absolute atomic E-state index is 0. The van der Waals surface area contributed by atoms with Crippen LogP contribution in [0, 0.1) is 0 Å². The van der Waals surface area contributed by atoms with Crippen LogP contribution in [-0.2, 0) is 0 Å². The Labute approximate surface area is 91.8 Å². The molecule has 0 radical (unpaired) electrons. The maximum absolute atomic E-state index is 5.75. The highest BCUT2D eigenvalue weighted by atomic mass is 79.9. The van der Waals surface area contributed by atoms with Crippen molar-refractivity contribution in [1.29, 1.82) is 0 Å². The van der Waals surface area contributed by atoms with Gasteiger partial charge in [0.05, 0.1) is 0 Å². The molecular formula is C8H10BrCl2N. The lowest BCUT2D eigenvalue weighted by Crippen LogP contribution is -2.05. The Morgan fingerprint density at radius 3 is 2.50 bits per heavy atom. The molecule has 12 heavy (non-hydrogen) atoms. The Balaban J connectivity index is 0.00000121. The summed E-state index contributed by atoms with van der Waals surface area (Å²) in [5, 5.41) is 0.723. The van der Waals surface area contributed by atoms with Crippen LogP contribution in [0.25, 0.3) is 0 Å². The van der Waals surface area contributed by atoms with Crippen molar-refractivity contribution in [1.82, 2.24) is 0 Å². The van der Waals surface area contributed by atoms with Gasteiger partial charge in [0.15, 0.2) is 0 Å². The standard InChI is InChI=1S/C8H9BrClN.ClH/c1-5(11)7-3-2-6(10)4-8(7)9;/h2-5H,11H2,1H3;1H/t5-;/m1./s1. The molecule has 0 heterocycles. The lowest BCUT2D eigenvalue weighted by atomic mass is 10.1. The van der Waals surface area contributed by atoms with Crippen LogP contribution < -0.4 is 5.73 Å². The zero-order valence-corrected chi connectivity index (χ0v) is 9.71. The lowest BCUT2D eigenvalue weighted by molar-refractivity contribution is 0.813. The highest BCUT2D eigenvalue weighted by Crippen LogP contribution is 2.24. The third-order valence-electron chi connectivity index (χ3n) is 1.45. The van der Waals surface area contributed by atoms with E-state index in [4.69, 9.17) is 17.3 Å². The Morgan fingerprint density at radius 1 is 1.50 bits per heavy atom. The molecule has 0 bridgehead atoms. The molecule has 2 N–H and O–H groups in total. The second kappa shape index (κ2) is 5.07. The predicted octanol–water partition coefficient (Wildman–Crippen LogP) is 3.54. The average Bonchev–Trinajstić information content (AvgIpc) is 1.85. The van der Waals surface area contributed by atoms with Gasteiger partial charge in [0, 0.05) is 15.5 Å². The van der Waals surface area contributed by atoms with Gasteiger partial charge in [-0.25, -0.2) is 0 Å². The van der Waals surface area contributed by atoms with E-state index < -0.39 is 0 Å². The summed E-state index contributed by atoms with van der Waals surface area (Å²) >= 11 is 9.13. The van der Waals surface area contributed by atoms with Gasteiger partial charge < -0.3 is 5.73 Å². The van der Waals surface area contributed by atoms with Crippen LogP contribution >= 0.6 is 39.9 Å². The van der Waals surface area contributed by atoms with E-state index >= 15 is 0 Å². The first-order chi connectivity index (χ1) is 5.11. The monoisotopic (exact) mass is 269 g/mol. The molecule has 1 rings (SSSR count). The summed E-state index contributed by atoms with van der Waals surface area (Å²) in [4.78, 5) is 0. The SMILES string of the molecule is C[C@@H](N)c1ccc(Cl)cc1Br.Cl.